The summed E-state index contributed by atoms with van der Waals surface area (Å²) < 4.78 is 15.3. The van der Waals surface area contributed by atoms with Crippen LogP contribution in [0.1, 0.15) is 23.1 Å². The maximum atomic E-state index is 12.7. The Kier molecular flexibility index (Phi) is 4.01. The molecule has 0 unspecified atom stereocenters. The van der Waals surface area contributed by atoms with E-state index in [0.717, 1.165) is 15.9 Å². The van der Waals surface area contributed by atoms with Gasteiger partial charge in [0, 0.05) is 18.7 Å². The lowest BCUT2D eigenvalue weighted by atomic mass is 10.3. The molecule has 0 N–H and O–H groups in total. The van der Waals surface area contributed by atoms with Crippen LogP contribution >= 0.6 is 11.3 Å². The maximum Gasteiger partial charge on any atom is 0.297 e. The largest absolute Gasteiger partial charge is 0.454 e. The van der Waals surface area contributed by atoms with E-state index in [9.17, 15) is 4.79 Å². The Labute approximate surface area is 153 Å². The Bertz CT molecular complexity index is 1130. The summed E-state index contributed by atoms with van der Waals surface area (Å²) in [6.07, 6.45) is 5.52. The molecule has 0 radical (unpaired) electrons. The van der Waals surface area contributed by atoms with Crippen molar-refractivity contribution in [3.05, 3.63) is 34.4 Å². The number of hydrogen-bond acceptors (Lipinski definition) is 5. The Morgan fingerprint density at radius 3 is 2.88 bits per heavy atom. The molecule has 0 spiro atoms. The molecule has 0 saturated heterocycles. The Morgan fingerprint density at radius 2 is 2.15 bits per heavy atom. The molecule has 1 amide bonds. The summed E-state index contributed by atoms with van der Waals surface area (Å²) in [6, 6.07) is 5.50. The molecule has 4 rings (SSSR count). The van der Waals surface area contributed by atoms with Gasteiger partial charge in [0.05, 0.1) is 22.5 Å². The molecule has 1 aromatic carbocycles. The molecule has 0 saturated carbocycles. The molecule has 0 atom stereocenters. The van der Waals surface area contributed by atoms with Gasteiger partial charge in [0.2, 0.25) is 6.79 Å². The van der Waals surface area contributed by atoms with Crippen LogP contribution in [0.2, 0.25) is 0 Å². The normalized spacial score (nSPS) is 13.3. The SMILES string of the molecule is C#CCn1c(=NC(=O)c2cc(C)nn2CC)sc2cc3c(cc21)OCO3. The summed E-state index contributed by atoms with van der Waals surface area (Å²) in [5, 5.41) is 4.30. The molecular formula is C18H16N4O3S. The monoisotopic (exact) mass is 368 g/mol. The van der Waals surface area contributed by atoms with Crippen LogP contribution in [-0.4, -0.2) is 27.0 Å². The van der Waals surface area contributed by atoms with E-state index in [-0.39, 0.29) is 12.7 Å². The number of aryl methyl sites for hydroxylation is 2. The predicted molar refractivity (Wildman–Crippen MR) is 97.3 cm³/mol. The minimum Gasteiger partial charge on any atom is -0.454 e. The van der Waals surface area contributed by atoms with Crippen LogP contribution in [0.15, 0.2) is 23.2 Å². The minimum absolute atomic E-state index is 0.206. The molecule has 3 heterocycles. The van der Waals surface area contributed by atoms with Gasteiger partial charge in [0.15, 0.2) is 16.3 Å². The smallest absolute Gasteiger partial charge is 0.297 e. The molecule has 0 bridgehead atoms. The van der Waals surface area contributed by atoms with Crippen LogP contribution in [0.25, 0.3) is 10.2 Å². The number of carbonyl (C=O) groups excluding carboxylic acids is 1. The summed E-state index contributed by atoms with van der Waals surface area (Å²) >= 11 is 1.39. The minimum atomic E-state index is -0.343. The first-order chi connectivity index (χ1) is 12.6. The first-order valence-electron chi connectivity index (χ1n) is 8.10. The molecule has 8 heteroatoms. The third kappa shape index (κ3) is 2.66. The predicted octanol–water partition coefficient (Wildman–Crippen LogP) is 2.33. The lowest BCUT2D eigenvalue weighted by Crippen LogP contribution is -2.18. The van der Waals surface area contributed by atoms with Crippen molar-refractivity contribution in [2.45, 2.75) is 26.9 Å². The topological polar surface area (TPSA) is 70.6 Å². The quantitative estimate of drug-likeness (QED) is 0.666. The number of benzene rings is 1. The van der Waals surface area contributed by atoms with Crippen molar-refractivity contribution in [2.24, 2.45) is 4.99 Å². The second-order valence-electron chi connectivity index (χ2n) is 5.75. The molecular weight excluding hydrogens is 352 g/mol. The van der Waals surface area contributed by atoms with Gasteiger partial charge < -0.3 is 14.0 Å². The molecule has 26 heavy (non-hydrogen) atoms. The molecule has 0 aliphatic carbocycles. The van der Waals surface area contributed by atoms with E-state index in [0.29, 0.717) is 35.1 Å². The van der Waals surface area contributed by atoms with E-state index in [1.807, 2.05) is 30.5 Å². The Balaban J connectivity index is 1.87. The number of rotatable bonds is 3. The van der Waals surface area contributed by atoms with Gasteiger partial charge in [-0.25, -0.2) is 0 Å². The lowest BCUT2D eigenvalue weighted by Gasteiger charge is -2.02. The van der Waals surface area contributed by atoms with Crippen molar-refractivity contribution in [1.29, 1.82) is 0 Å². The van der Waals surface area contributed by atoms with Gasteiger partial charge in [-0.3, -0.25) is 9.48 Å². The summed E-state index contributed by atoms with van der Waals surface area (Å²) in [7, 11) is 0. The van der Waals surface area contributed by atoms with E-state index >= 15 is 0 Å². The third-order valence-corrected chi connectivity index (χ3v) is 5.09. The number of carbonyl (C=O) groups is 1. The van der Waals surface area contributed by atoms with Crippen LogP contribution in [0.5, 0.6) is 11.5 Å². The first-order valence-corrected chi connectivity index (χ1v) is 8.92. The van der Waals surface area contributed by atoms with E-state index in [4.69, 9.17) is 15.9 Å². The van der Waals surface area contributed by atoms with Crippen molar-refractivity contribution in [2.75, 3.05) is 6.79 Å². The number of fused-ring (bicyclic) bond motifs is 2. The second kappa shape index (κ2) is 6.35. The van der Waals surface area contributed by atoms with E-state index in [1.54, 1.807) is 10.7 Å². The number of amides is 1. The highest BCUT2D eigenvalue weighted by Gasteiger charge is 2.18. The summed E-state index contributed by atoms with van der Waals surface area (Å²) in [6.45, 7) is 4.89. The molecule has 7 nitrogen and oxygen atoms in total. The van der Waals surface area contributed by atoms with Gasteiger partial charge >= 0.3 is 0 Å². The van der Waals surface area contributed by atoms with Gasteiger partial charge in [-0.1, -0.05) is 17.3 Å². The zero-order chi connectivity index (χ0) is 18.3. The fraction of sp³-hybridized carbons (Fsp3) is 0.278. The maximum absolute atomic E-state index is 12.7. The van der Waals surface area contributed by atoms with Crippen molar-refractivity contribution in [1.82, 2.24) is 14.3 Å². The Hall–Kier alpha value is -3.05. The van der Waals surface area contributed by atoms with Crippen LogP contribution in [-0.2, 0) is 13.1 Å². The summed E-state index contributed by atoms with van der Waals surface area (Å²) in [5.74, 6) is 3.63. The van der Waals surface area contributed by atoms with Crippen molar-refractivity contribution in [3.63, 3.8) is 0 Å². The number of nitrogens with zero attached hydrogens (tertiary/aromatic N) is 4. The highest BCUT2D eigenvalue weighted by atomic mass is 32.1. The van der Waals surface area contributed by atoms with Gasteiger partial charge in [-0.15, -0.1) is 6.42 Å². The van der Waals surface area contributed by atoms with Gasteiger partial charge in [-0.2, -0.15) is 10.1 Å². The molecule has 1 aliphatic heterocycles. The van der Waals surface area contributed by atoms with Crippen molar-refractivity contribution < 1.29 is 14.3 Å². The summed E-state index contributed by atoms with van der Waals surface area (Å²) in [5.41, 5.74) is 2.11. The van der Waals surface area contributed by atoms with Crippen LogP contribution in [0.3, 0.4) is 0 Å². The molecule has 1 aliphatic rings. The first kappa shape index (κ1) is 16.4. The molecule has 3 aromatic rings. The second-order valence-corrected chi connectivity index (χ2v) is 6.76. The fourth-order valence-corrected chi connectivity index (χ4v) is 3.93. The van der Waals surface area contributed by atoms with Crippen molar-refractivity contribution >= 4 is 27.5 Å². The van der Waals surface area contributed by atoms with Crippen LogP contribution in [0.4, 0.5) is 0 Å². The number of ether oxygens (including phenoxy) is 2. The van der Waals surface area contributed by atoms with E-state index in [2.05, 4.69) is 16.0 Å². The van der Waals surface area contributed by atoms with Gasteiger partial charge in [0.25, 0.3) is 5.91 Å². The molecule has 2 aromatic heterocycles. The van der Waals surface area contributed by atoms with Crippen LogP contribution in [0, 0.1) is 19.3 Å². The van der Waals surface area contributed by atoms with Crippen molar-refractivity contribution in [3.8, 4) is 23.8 Å². The molecule has 132 valence electrons. The van der Waals surface area contributed by atoms with E-state index in [1.165, 1.54) is 11.3 Å². The van der Waals surface area contributed by atoms with Crippen LogP contribution < -0.4 is 14.3 Å². The lowest BCUT2D eigenvalue weighted by molar-refractivity contribution is 0.0987. The number of terminal acetylenes is 1. The third-order valence-electron chi connectivity index (χ3n) is 4.04. The summed E-state index contributed by atoms with van der Waals surface area (Å²) in [4.78, 5) is 17.6. The van der Waals surface area contributed by atoms with E-state index < -0.39 is 0 Å². The standard InChI is InChI=1S/C18H16N4O3S/c1-4-6-21-12-8-14-15(25-10-24-14)9-16(12)26-18(21)19-17(23)13-7-11(3)20-22(13)5-2/h1,7-9H,5-6,10H2,2-3H3. The Morgan fingerprint density at radius 1 is 1.38 bits per heavy atom. The zero-order valence-electron chi connectivity index (χ0n) is 14.4. The molecule has 0 fully saturated rings. The van der Waals surface area contributed by atoms with Gasteiger partial charge in [0.1, 0.15) is 5.69 Å². The number of hydrogen-bond donors (Lipinski definition) is 0. The average molecular weight is 368 g/mol. The zero-order valence-corrected chi connectivity index (χ0v) is 15.2. The number of thiazole rings is 1. The highest BCUT2D eigenvalue weighted by Crippen LogP contribution is 2.36. The van der Waals surface area contributed by atoms with Gasteiger partial charge in [-0.05, 0) is 19.9 Å². The average Bonchev–Trinajstić information content (AvgIpc) is 3.31. The fourth-order valence-electron chi connectivity index (χ4n) is 2.89. The number of aromatic nitrogens is 3. The highest BCUT2D eigenvalue weighted by molar-refractivity contribution is 7.16.